The van der Waals surface area contributed by atoms with Crippen molar-refractivity contribution in [3.63, 3.8) is 0 Å². The van der Waals surface area contributed by atoms with Crippen molar-refractivity contribution in [2.75, 3.05) is 54.5 Å². The predicted molar refractivity (Wildman–Crippen MR) is 168 cm³/mol. The minimum atomic E-state index is -0.955. The number of carbonyl (C=O) groups is 1. The monoisotopic (exact) mass is 634 g/mol. The minimum Gasteiger partial charge on any atom is -0.508 e. The molecule has 2 bridgehead atoms. The average molecular weight is 635 g/mol. The zero-order valence-electron chi connectivity index (χ0n) is 25.7. The van der Waals surface area contributed by atoms with Crippen molar-refractivity contribution < 1.29 is 27.8 Å². The Morgan fingerprint density at radius 2 is 2.02 bits per heavy atom. The standard InChI is InChI=1S/C34H37F3N6O3/c1-40-31-29(43-15-20-4-6-24(38-20)30(43)33(40)45)22-7-10-41(26-12-21(44)11-18-3-5-23(36)28(37)27(18)26)16-25(22)39-32(31)46-17-34-8-2-9-42(34)14-19(35)13-34/h3,5,11-12,19-20,24,30,38,44H,2,4,6-10,13-17H2,1H3/t19-,20?,24?,30?,34+/m1/s1. The number of phenolic OH excluding ortho intramolecular Hbond substituents is 1. The third-order valence-corrected chi connectivity index (χ3v) is 11.4. The topological polar surface area (TPSA) is 84.4 Å². The second-order valence-electron chi connectivity index (χ2n) is 14.0. The molecule has 6 aliphatic heterocycles. The van der Waals surface area contributed by atoms with Crippen LogP contribution in [0.5, 0.6) is 11.6 Å². The minimum absolute atomic E-state index is 0.00321. The van der Waals surface area contributed by atoms with Gasteiger partial charge in [0.1, 0.15) is 30.3 Å². The third kappa shape index (κ3) is 4.08. The Balaban J connectivity index is 1.16. The number of likely N-dealkylation sites (N-methyl/N-ethyl adjacent to an activating group) is 1. The SMILES string of the molecule is CN1C(=O)C2C3CCC(CN2c2c4c(nc(OC[C@@]56CCCN5C[C@H](F)C6)c21)CN(c1cc(O)cc2ccc(F)c(F)c12)CC4)N3. The lowest BCUT2D eigenvalue weighted by Gasteiger charge is -2.49. The number of halogens is 3. The molecule has 4 fully saturated rings. The number of piperazine rings is 1. The van der Waals surface area contributed by atoms with E-state index in [1.54, 1.807) is 11.9 Å². The molecule has 1 amide bonds. The molecule has 2 N–H and O–H groups in total. The first-order valence-corrected chi connectivity index (χ1v) is 16.4. The maximum absolute atomic E-state index is 15.3. The van der Waals surface area contributed by atoms with Crippen molar-refractivity contribution in [3.05, 3.63) is 47.2 Å². The lowest BCUT2D eigenvalue weighted by molar-refractivity contribution is -0.120. The molecule has 5 atom stereocenters. The van der Waals surface area contributed by atoms with E-state index in [-0.39, 0.29) is 48.3 Å². The largest absolute Gasteiger partial charge is 0.508 e. The first-order chi connectivity index (χ1) is 22.2. The van der Waals surface area contributed by atoms with Crippen LogP contribution < -0.4 is 24.8 Å². The molecular formula is C34H37F3N6O3. The highest BCUT2D eigenvalue weighted by molar-refractivity contribution is 6.08. The molecule has 9 rings (SSSR count). The van der Waals surface area contributed by atoms with Gasteiger partial charge >= 0.3 is 0 Å². The smallest absolute Gasteiger partial charge is 0.251 e. The molecule has 7 heterocycles. The molecule has 3 unspecified atom stereocenters. The van der Waals surface area contributed by atoms with Gasteiger partial charge in [-0.3, -0.25) is 9.69 Å². The van der Waals surface area contributed by atoms with Gasteiger partial charge in [-0.2, -0.15) is 0 Å². The number of rotatable bonds is 4. The lowest BCUT2D eigenvalue weighted by Crippen LogP contribution is -2.66. The van der Waals surface area contributed by atoms with E-state index in [2.05, 4.69) is 15.1 Å². The summed E-state index contributed by atoms with van der Waals surface area (Å²) in [5.41, 5.74) is 3.36. The number of alkyl halides is 1. The van der Waals surface area contributed by atoms with Crippen LogP contribution in [0.3, 0.4) is 0 Å². The normalized spacial score (nSPS) is 30.1. The number of anilines is 3. The highest BCUT2D eigenvalue weighted by Gasteiger charge is 2.52. The number of ether oxygens (including phenoxy) is 1. The van der Waals surface area contributed by atoms with Crippen LogP contribution in [0.2, 0.25) is 0 Å². The van der Waals surface area contributed by atoms with Crippen LogP contribution in [-0.2, 0) is 17.8 Å². The summed E-state index contributed by atoms with van der Waals surface area (Å²) in [5, 5.41) is 14.7. The number of aromatic nitrogens is 1. The summed E-state index contributed by atoms with van der Waals surface area (Å²) in [6, 6.07) is 5.44. The van der Waals surface area contributed by atoms with E-state index >= 15 is 4.39 Å². The van der Waals surface area contributed by atoms with Crippen molar-refractivity contribution in [2.24, 2.45) is 0 Å². The summed E-state index contributed by atoms with van der Waals surface area (Å²) < 4.78 is 51.0. The summed E-state index contributed by atoms with van der Waals surface area (Å²) in [6.07, 6.45) is 3.84. The van der Waals surface area contributed by atoms with Gasteiger partial charge < -0.3 is 29.9 Å². The molecule has 3 aromatic rings. The van der Waals surface area contributed by atoms with Gasteiger partial charge in [-0.15, -0.1) is 0 Å². The van der Waals surface area contributed by atoms with E-state index < -0.39 is 23.3 Å². The number of phenols is 1. The highest BCUT2D eigenvalue weighted by Crippen LogP contribution is 2.50. The van der Waals surface area contributed by atoms with E-state index in [4.69, 9.17) is 9.72 Å². The number of benzene rings is 2. The fourth-order valence-electron chi connectivity index (χ4n) is 9.36. The Morgan fingerprint density at radius 3 is 2.89 bits per heavy atom. The van der Waals surface area contributed by atoms with Gasteiger partial charge in [-0.05, 0) is 56.2 Å². The van der Waals surface area contributed by atoms with Crippen molar-refractivity contribution >= 4 is 33.7 Å². The zero-order chi connectivity index (χ0) is 31.5. The maximum Gasteiger partial charge on any atom is 0.251 e. The van der Waals surface area contributed by atoms with Crippen LogP contribution in [0.4, 0.5) is 30.2 Å². The number of hydrogen-bond acceptors (Lipinski definition) is 8. The molecule has 0 saturated carbocycles. The van der Waals surface area contributed by atoms with Crippen molar-refractivity contribution in [2.45, 2.75) is 74.9 Å². The Kier molecular flexibility index (Phi) is 6.26. The van der Waals surface area contributed by atoms with E-state index in [9.17, 15) is 18.7 Å². The average Bonchev–Trinajstić information content (AvgIpc) is 3.70. The number of pyridine rings is 1. The molecule has 2 aromatic carbocycles. The second-order valence-corrected chi connectivity index (χ2v) is 14.0. The summed E-state index contributed by atoms with van der Waals surface area (Å²) >= 11 is 0. The zero-order valence-corrected chi connectivity index (χ0v) is 25.7. The highest BCUT2D eigenvalue weighted by atomic mass is 19.2. The van der Waals surface area contributed by atoms with Gasteiger partial charge in [0.25, 0.3) is 5.91 Å². The molecule has 1 aromatic heterocycles. The number of hydrogen-bond donors (Lipinski definition) is 2. The van der Waals surface area contributed by atoms with E-state index in [0.717, 1.165) is 55.2 Å². The van der Waals surface area contributed by atoms with Crippen LogP contribution in [0.25, 0.3) is 10.8 Å². The van der Waals surface area contributed by atoms with Gasteiger partial charge in [-0.1, -0.05) is 6.07 Å². The predicted octanol–water partition coefficient (Wildman–Crippen LogP) is 4.02. The fraction of sp³-hybridized carbons (Fsp3) is 0.529. The van der Waals surface area contributed by atoms with Gasteiger partial charge in [0.05, 0.1) is 29.2 Å². The molecule has 12 heteroatoms. The summed E-state index contributed by atoms with van der Waals surface area (Å²) in [4.78, 5) is 27.1. The Bertz CT molecular complexity index is 1790. The molecule has 46 heavy (non-hydrogen) atoms. The summed E-state index contributed by atoms with van der Waals surface area (Å²) in [6.45, 7) is 2.97. The molecule has 0 aliphatic carbocycles. The first kappa shape index (κ1) is 28.5. The van der Waals surface area contributed by atoms with Crippen LogP contribution >= 0.6 is 0 Å². The molecule has 6 aliphatic rings. The van der Waals surface area contributed by atoms with E-state index in [1.165, 1.54) is 18.2 Å². The van der Waals surface area contributed by atoms with E-state index in [0.29, 0.717) is 55.1 Å². The number of carbonyl (C=O) groups excluding carboxylic acids is 1. The summed E-state index contributed by atoms with van der Waals surface area (Å²) in [5.74, 6) is -1.59. The van der Waals surface area contributed by atoms with Gasteiger partial charge in [-0.25, -0.2) is 18.2 Å². The maximum atomic E-state index is 15.3. The van der Waals surface area contributed by atoms with Gasteiger partial charge in [0.2, 0.25) is 5.88 Å². The third-order valence-electron chi connectivity index (χ3n) is 11.4. The molecule has 242 valence electrons. The quantitative estimate of drug-likeness (QED) is 0.446. The molecule has 9 nitrogen and oxygen atoms in total. The Hall–Kier alpha value is -3.77. The van der Waals surface area contributed by atoms with E-state index in [1.807, 2.05) is 4.90 Å². The van der Waals surface area contributed by atoms with Crippen molar-refractivity contribution in [3.8, 4) is 11.6 Å². The molecular weight excluding hydrogens is 597 g/mol. The van der Waals surface area contributed by atoms with Crippen molar-refractivity contribution in [1.29, 1.82) is 0 Å². The van der Waals surface area contributed by atoms with Gasteiger partial charge in [0, 0.05) is 62.2 Å². The molecule has 0 spiro atoms. The first-order valence-electron chi connectivity index (χ1n) is 16.4. The van der Waals surface area contributed by atoms with Crippen LogP contribution in [0.15, 0.2) is 24.3 Å². The number of amides is 1. The lowest BCUT2D eigenvalue weighted by atomic mass is 9.92. The second kappa shape index (κ2) is 10.1. The molecule has 0 radical (unpaired) electrons. The van der Waals surface area contributed by atoms with Crippen LogP contribution in [-0.4, -0.2) is 90.6 Å². The fourth-order valence-corrected chi connectivity index (χ4v) is 9.36. The number of nitrogens with one attached hydrogen (secondary N) is 1. The number of nitrogens with zero attached hydrogens (tertiary/aromatic N) is 5. The van der Waals surface area contributed by atoms with Crippen molar-refractivity contribution in [1.82, 2.24) is 15.2 Å². The van der Waals surface area contributed by atoms with Crippen LogP contribution in [0.1, 0.15) is 43.4 Å². The Labute approximate surface area is 264 Å². The summed E-state index contributed by atoms with van der Waals surface area (Å²) in [7, 11) is 1.79. The van der Waals surface area contributed by atoms with Crippen LogP contribution in [0, 0.1) is 11.6 Å². The number of aromatic hydroxyl groups is 1. The number of fused-ring (bicyclic) bond motifs is 10. The Morgan fingerprint density at radius 1 is 1.15 bits per heavy atom. The van der Waals surface area contributed by atoms with Gasteiger partial charge in [0.15, 0.2) is 11.6 Å². The molecule has 4 saturated heterocycles.